The number of hydrogen-bond donors (Lipinski definition) is 0. The molecule has 0 spiro atoms. The monoisotopic (exact) mass is 169 g/mol. The summed E-state index contributed by atoms with van der Waals surface area (Å²) < 4.78 is 0. The fourth-order valence-corrected chi connectivity index (χ4v) is 2.31. The Kier molecular flexibility index (Phi) is 4.07. The van der Waals surface area contributed by atoms with Gasteiger partial charge in [-0.25, -0.2) is 0 Å². The molecule has 0 amide bonds. The maximum absolute atomic E-state index is 2.50. The van der Waals surface area contributed by atoms with Crippen LogP contribution in [0.4, 0.5) is 0 Å². The third kappa shape index (κ3) is 3.57. The minimum atomic E-state index is 0.903. The smallest absolute Gasteiger partial charge is 0.000408 e. The second-order valence-corrected chi connectivity index (χ2v) is 4.72. The van der Waals surface area contributed by atoms with Gasteiger partial charge in [0.25, 0.3) is 0 Å². The third-order valence-corrected chi connectivity index (χ3v) is 2.89. The zero-order valence-corrected chi connectivity index (χ0v) is 8.84. The van der Waals surface area contributed by atoms with E-state index in [4.69, 9.17) is 0 Å². The van der Waals surface area contributed by atoms with Crippen LogP contribution in [0.1, 0.15) is 39.5 Å². The molecule has 12 heavy (non-hydrogen) atoms. The second kappa shape index (κ2) is 4.86. The van der Waals surface area contributed by atoms with E-state index in [1.165, 1.54) is 38.8 Å². The van der Waals surface area contributed by atoms with Crippen LogP contribution in [0, 0.1) is 11.8 Å². The van der Waals surface area contributed by atoms with Crippen molar-refractivity contribution in [2.75, 3.05) is 20.1 Å². The van der Waals surface area contributed by atoms with Crippen molar-refractivity contribution >= 4 is 0 Å². The quantitative estimate of drug-likeness (QED) is 0.539. The Bertz CT molecular complexity index is 108. The maximum atomic E-state index is 2.50. The highest BCUT2D eigenvalue weighted by atomic mass is 15.1. The first-order chi connectivity index (χ1) is 5.68. The molecular weight excluding hydrogens is 146 g/mol. The molecule has 1 nitrogen and oxygen atoms in total. The molecule has 1 heteroatoms. The predicted octanol–water partition coefficient (Wildman–Crippen LogP) is 2.76. The molecule has 2 atom stereocenters. The number of rotatable bonds is 0. The van der Waals surface area contributed by atoms with E-state index in [1.807, 2.05) is 0 Å². The normalized spacial score (nSPS) is 35.2. The summed E-state index contributed by atoms with van der Waals surface area (Å²) in [5.74, 6) is 1.81. The first-order valence-electron chi connectivity index (χ1n) is 5.37. The largest absolute Gasteiger partial charge is 0.306 e. The molecule has 0 radical (unpaired) electrons. The van der Waals surface area contributed by atoms with E-state index in [-0.39, 0.29) is 0 Å². The standard InChI is InChI=1S/C11H23N/c1-10-6-4-5-7-11(2)9-12(3)8-10/h10-11H,4-9H2,1-3H3. The molecule has 1 saturated heterocycles. The molecule has 0 N–H and O–H groups in total. The molecule has 0 aromatic carbocycles. The summed E-state index contributed by atoms with van der Waals surface area (Å²) >= 11 is 0. The topological polar surface area (TPSA) is 3.24 Å². The van der Waals surface area contributed by atoms with Gasteiger partial charge in [-0.05, 0) is 31.7 Å². The van der Waals surface area contributed by atoms with Gasteiger partial charge in [0.2, 0.25) is 0 Å². The van der Waals surface area contributed by atoms with Gasteiger partial charge in [-0.2, -0.15) is 0 Å². The Balaban J connectivity index is 2.37. The summed E-state index contributed by atoms with van der Waals surface area (Å²) in [6, 6.07) is 0. The first kappa shape index (κ1) is 10.0. The predicted molar refractivity (Wildman–Crippen MR) is 54.3 cm³/mol. The summed E-state index contributed by atoms with van der Waals surface area (Å²) in [5.41, 5.74) is 0. The average Bonchev–Trinajstić information content (AvgIpc) is 2.01. The van der Waals surface area contributed by atoms with Crippen LogP contribution >= 0.6 is 0 Å². The molecule has 72 valence electrons. The highest BCUT2D eigenvalue weighted by Gasteiger charge is 2.12. The van der Waals surface area contributed by atoms with Crippen LogP contribution in [0.2, 0.25) is 0 Å². The molecule has 0 saturated carbocycles. The third-order valence-electron chi connectivity index (χ3n) is 2.89. The molecular formula is C11H23N. The minimum Gasteiger partial charge on any atom is -0.306 e. The van der Waals surface area contributed by atoms with Crippen LogP contribution in [0.3, 0.4) is 0 Å². The van der Waals surface area contributed by atoms with Crippen molar-refractivity contribution in [3.8, 4) is 0 Å². The molecule has 0 bridgehead atoms. The lowest BCUT2D eigenvalue weighted by Crippen LogP contribution is -2.28. The number of nitrogens with zero attached hydrogens (tertiary/aromatic N) is 1. The zero-order valence-electron chi connectivity index (χ0n) is 8.84. The molecule has 1 heterocycles. The average molecular weight is 169 g/mol. The van der Waals surface area contributed by atoms with Gasteiger partial charge in [0.1, 0.15) is 0 Å². The van der Waals surface area contributed by atoms with Gasteiger partial charge in [-0.15, -0.1) is 0 Å². The summed E-state index contributed by atoms with van der Waals surface area (Å²) in [6.45, 7) is 7.35. The molecule has 1 aliphatic rings. The molecule has 0 aromatic rings. The molecule has 0 aliphatic carbocycles. The lowest BCUT2D eigenvalue weighted by atomic mass is 10.0. The summed E-state index contributed by atoms with van der Waals surface area (Å²) in [7, 11) is 2.26. The van der Waals surface area contributed by atoms with Gasteiger partial charge >= 0.3 is 0 Å². The molecule has 2 unspecified atom stereocenters. The number of hydrogen-bond acceptors (Lipinski definition) is 1. The van der Waals surface area contributed by atoms with Gasteiger partial charge in [0.05, 0.1) is 0 Å². The van der Waals surface area contributed by atoms with Crippen molar-refractivity contribution in [1.29, 1.82) is 0 Å². The Morgan fingerprint density at radius 3 is 1.75 bits per heavy atom. The van der Waals surface area contributed by atoms with Crippen LogP contribution in [0.5, 0.6) is 0 Å². The molecule has 1 fully saturated rings. The van der Waals surface area contributed by atoms with E-state index in [0.29, 0.717) is 0 Å². The van der Waals surface area contributed by atoms with Crippen LogP contribution in [-0.4, -0.2) is 25.0 Å². The van der Waals surface area contributed by atoms with E-state index in [9.17, 15) is 0 Å². The minimum absolute atomic E-state index is 0.903. The second-order valence-electron chi connectivity index (χ2n) is 4.72. The van der Waals surface area contributed by atoms with Crippen molar-refractivity contribution in [2.45, 2.75) is 39.5 Å². The summed E-state index contributed by atoms with van der Waals surface area (Å²) in [6.07, 6.45) is 5.74. The fourth-order valence-electron chi connectivity index (χ4n) is 2.31. The van der Waals surface area contributed by atoms with Gasteiger partial charge < -0.3 is 4.90 Å². The summed E-state index contributed by atoms with van der Waals surface area (Å²) in [5, 5.41) is 0. The van der Waals surface area contributed by atoms with Crippen LogP contribution in [-0.2, 0) is 0 Å². The highest BCUT2D eigenvalue weighted by Crippen LogP contribution is 2.17. The lowest BCUT2D eigenvalue weighted by molar-refractivity contribution is 0.253. The van der Waals surface area contributed by atoms with E-state index in [0.717, 1.165) is 11.8 Å². The molecule has 0 aromatic heterocycles. The Morgan fingerprint density at radius 2 is 1.33 bits per heavy atom. The van der Waals surface area contributed by atoms with E-state index in [2.05, 4.69) is 25.8 Å². The molecule has 1 aliphatic heterocycles. The van der Waals surface area contributed by atoms with Gasteiger partial charge in [0, 0.05) is 13.1 Å². The van der Waals surface area contributed by atoms with E-state index in [1.54, 1.807) is 0 Å². The van der Waals surface area contributed by atoms with Crippen molar-refractivity contribution < 1.29 is 0 Å². The van der Waals surface area contributed by atoms with Gasteiger partial charge in [-0.3, -0.25) is 0 Å². The van der Waals surface area contributed by atoms with Crippen molar-refractivity contribution in [3.05, 3.63) is 0 Å². The molecule has 1 rings (SSSR count). The van der Waals surface area contributed by atoms with Crippen LogP contribution in [0.15, 0.2) is 0 Å². The Morgan fingerprint density at radius 1 is 0.917 bits per heavy atom. The fraction of sp³-hybridized carbons (Fsp3) is 1.00. The van der Waals surface area contributed by atoms with Gasteiger partial charge in [0.15, 0.2) is 0 Å². The van der Waals surface area contributed by atoms with Crippen molar-refractivity contribution in [3.63, 3.8) is 0 Å². The Labute approximate surface area is 77.1 Å². The van der Waals surface area contributed by atoms with Crippen molar-refractivity contribution in [2.24, 2.45) is 11.8 Å². The van der Waals surface area contributed by atoms with Crippen LogP contribution in [0.25, 0.3) is 0 Å². The SMILES string of the molecule is CC1CCCCC(C)CN(C)C1. The Hall–Kier alpha value is -0.0400. The van der Waals surface area contributed by atoms with E-state index >= 15 is 0 Å². The summed E-state index contributed by atoms with van der Waals surface area (Å²) in [4.78, 5) is 2.50. The zero-order chi connectivity index (χ0) is 8.97. The van der Waals surface area contributed by atoms with E-state index < -0.39 is 0 Å². The van der Waals surface area contributed by atoms with Crippen LogP contribution < -0.4 is 0 Å². The highest BCUT2D eigenvalue weighted by molar-refractivity contribution is 4.66. The maximum Gasteiger partial charge on any atom is 0.000408 e. The van der Waals surface area contributed by atoms with Crippen molar-refractivity contribution in [1.82, 2.24) is 4.90 Å². The first-order valence-corrected chi connectivity index (χ1v) is 5.37. The van der Waals surface area contributed by atoms with Gasteiger partial charge in [-0.1, -0.05) is 26.7 Å². The lowest BCUT2D eigenvalue weighted by Gasteiger charge is -2.22.